The third kappa shape index (κ3) is 7.30. The zero-order chi connectivity index (χ0) is 37.4. The zero-order valence-electron chi connectivity index (χ0n) is 30.1. The van der Waals surface area contributed by atoms with Gasteiger partial charge in [0.25, 0.3) is 5.91 Å². The molecular weight excluding hydrogens is 694 g/mol. The van der Waals surface area contributed by atoms with Crippen molar-refractivity contribution in [2.75, 3.05) is 27.3 Å². The summed E-state index contributed by atoms with van der Waals surface area (Å²) < 4.78 is 54.1. The lowest BCUT2D eigenvalue weighted by molar-refractivity contribution is -0.130. The molecule has 3 aromatic rings. The maximum absolute atomic E-state index is 14.0. The van der Waals surface area contributed by atoms with Crippen molar-refractivity contribution in [3.63, 3.8) is 0 Å². The van der Waals surface area contributed by atoms with E-state index in [-0.39, 0.29) is 25.1 Å². The maximum Gasteiger partial charge on any atom is 0.317 e. The number of alkyl halides is 1. The lowest BCUT2D eigenvalue weighted by Crippen LogP contribution is -2.58. The molecule has 1 aliphatic heterocycles. The minimum Gasteiger partial charge on any atom is -0.496 e. The number of rotatable bonds is 10. The number of carbonyl (C=O) groups excluding carboxylic acids is 3. The molecule has 2 fully saturated rings. The summed E-state index contributed by atoms with van der Waals surface area (Å²) in [4.78, 5) is 47.3. The highest BCUT2D eigenvalue weighted by Gasteiger charge is 2.62. The van der Waals surface area contributed by atoms with Gasteiger partial charge >= 0.3 is 6.03 Å². The van der Waals surface area contributed by atoms with Crippen LogP contribution in [0, 0.1) is 12.8 Å². The van der Waals surface area contributed by atoms with Crippen LogP contribution in [0.4, 0.5) is 9.18 Å². The van der Waals surface area contributed by atoms with Crippen molar-refractivity contribution in [1.82, 2.24) is 35.0 Å². The largest absolute Gasteiger partial charge is 0.496 e. The molecule has 6 rings (SSSR count). The quantitative estimate of drug-likeness (QED) is 0.261. The maximum atomic E-state index is 14.0. The highest BCUT2D eigenvalue weighted by atomic mass is 32.2. The van der Waals surface area contributed by atoms with Crippen LogP contribution in [0.25, 0.3) is 22.3 Å². The number of nitrogens with zero attached hydrogens (tertiary/aromatic N) is 4. The van der Waals surface area contributed by atoms with Crippen LogP contribution in [0.1, 0.15) is 63.1 Å². The van der Waals surface area contributed by atoms with E-state index >= 15 is 0 Å². The molecule has 0 radical (unpaired) electrons. The monoisotopic (exact) mass is 739 g/mol. The van der Waals surface area contributed by atoms with Gasteiger partial charge in [-0.05, 0) is 70.6 Å². The molecule has 0 unspecified atom stereocenters. The average Bonchev–Trinajstić information content (AvgIpc) is 4.00. The Hall–Kier alpha value is -4.73. The predicted octanol–water partition coefficient (Wildman–Crippen LogP) is 3.81. The number of aromatic nitrogens is 3. The first-order valence-electron chi connectivity index (χ1n) is 17.5. The molecule has 3 N–H and O–H groups in total. The van der Waals surface area contributed by atoms with Crippen LogP contribution in [-0.2, 0) is 33.3 Å². The number of halogens is 1. The third-order valence-corrected chi connectivity index (χ3v) is 12.6. The van der Waals surface area contributed by atoms with Gasteiger partial charge in [-0.1, -0.05) is 12.2 Å². The van der Waals surface area contributed by atoms with E-state index in [0.29, 0.717) is 59.6 Å². The fraction of sp³-hybridized carbons (Fsp3) is 0.528. The summed E-state index contributed by atoms with van der Waals surface area (Å²) >= 11 is 0. The predicted molar refractivity (Wildman–Crippen MR) is 192 cm³/mol. The normalized spacial score (nSPS) is 23.8. The topological polar surface area (TPSA) is 174 Å². The Bertz CT molecular complexity index is 2030. The van der Waals surface area contributed by atoms with Crippen molar-refractivity contribution in [2.24, 2.45) is 13.0 Å². The van der Waals surface area contributed by atoms with E-state index in [1.807, 2.05) is 25.1 Å². The molecule has 280 valence electrons. The van der Waals surface area contributed by atoms with Gasteiger partial charge < -0.3 is 25.0 Å². The number of ether oxygens (including phenoxy) is 2. The van der Waals surface area contributed by atoms with Crippen LogP contribution in [-0.4, -0.2) is 89.6 Å². The van der Waals surface area contributed by atoms with E-state index in [1.54, 1.807) is 46.3 Å². The van der Waals surface area contributed by atoms with E-state index in [4.69, 9.17) is 14.5 Å². The Morgan fingerprint density at radius 2 is 1.92 bits per heavy atom. The van der Waals surface area contributed by atoms with Gasteiger partial charge in [0.15, 0.2) is 0 Å². The van der Waals surface area contributed by atoms with Crippen molar-refractivity contribution < 1.29 is 36.7 Å². The molecule has 14 nitrogen and oxygen atoms in total. The van der Waals surface area contributed by atoms with Crippen LogP contribution in [0.15, 0.2) is 36.4 Å². The average molecular weight is 740 g/mol. The second-order valence-electron chi connectivity index (χ2n) is 14.2. The number of urea groups is 1. The molecule has 3 atom stereocenters. The molecule has 4 amide bonds. The number of amides is 4. The van der Waals surface area contributed by atoms with E-state index in [0.717, 1.165) is 18.4 Å². The number of methoxy groups -OCH3 is 1. The molecule has 3 aliphatic rings. The number of aryl methyl sites for hydroxylation is 2. The first-order valence-corrected chi connectivity index (χ1v) is 19.0. The first kappa shape index (κ1) is 37.0. The Labute approximate surface area is 302 Å². The van der Waals surface area contributed by atoms with Crippen LogP contribution in [0.3, 0.4) is 0 Å². The van der Waals surface area contributed by atoms with Gasteiger partial charge in [0.2, 0.25) is 15.9 Å². The second kappa shape index (κ2) is 14.4. The molecule has 3 heterocycles. The van der Waals surface area contributed by atoms with E-state index in [9.17, 15) is 27.2 Å². The fourth-order valence-corrected chi connectivity index (χ4v) is 7.85. The van der Waals surface area contributed by atoms with Crippen molar-refractivity contribution in [2.45, 2.75) is 81.8 Å². The Morgan fingerprint density at radius 1 is 1.15 bits per heavy atom. The summed E-state index contributed by atoms with van der Waals surface area (Å²) in [5.41, 5.74) is 1.17. The van der Waals surface area contributed by atoms with Crippen molar-refractivity contribution in [1.29, 1.82) is 0 Å². The summed E-state index contributed by atoms with van der Waals surface area (Å²) in [6, 6.07) is 5.34. The van der Waals surface area contributed by atoms with E-state index in [1.165, 1.54) is 9.58 Å². The van der Waals surface area contributed by atoms with E-state index < -0.39 is 56.8 Å². The van der Waals surface area contributed by atoms with Crippen LogP contribution < -0.4 is 24.8 Å². The van der Waals surface area contributed by atoms with Crippen molar-refractivity contribution in [3.05, 3.63) is 47.7 Å². The molecule has 1 aromatic carbocycles. The minimum atomic E-state index is -3.96. The summed E-state index contributed by atoms with van der Waals surface area (Å²) in [5.74, 6) is -0.796. The standard InChI is InChI=1S/C36H46FN7O7S/c1-22-29(50-5)12-11-25-30(19-27(38-31(22)25)28-18-24(21-37)41-44(28)4)51-17-13-26-32(45)40-36(33(46)42-52(48,49)35(2)14-15-35)20-23(36)10-8-6-7-9-16-43(3)34(47)39-26/h8,10-12,18-19,23,26H,6-7,9,13-17,20-21H2,1-5H3,(H,39,47)(H,40,45)(H,42,46)/b10-8-/t23-,26+,36-/m1/s1. The summed E-state index contributed by atoms with van der Waals surface area (Å²) in [5, 5.41) is 10.5. The first-order chi connectivity index (χ1) is 24.7. The highest BCUT2D eigenvalue weighted by molar-refractivity contribution is 7.91. The number of fused-ring (bicyclic) bond motifs is 2. The van der Waals surface area contributed by atoms with Gasteiger partial charge in [-0.15, -0.1) is 0 Å². The van der Waals surface area contributed by atoms with Gasteiger partial charge in [-0.25, -0.2) is 22.6 Å². The Morgan fingerprint density at radius 3 is 2.62 bits per heavy atom. The number of hydrogen-bond donors (Lipinski definition) is 3. The number of benzene rings is 1. The van der Waals surface area contributed by atoms with Crippen molar-refractivity contribution in [3.8, 4) is 22.9 Å². The Kier molecular flexibility index (Phi) is 10.2. The summed E-state index contributed by atoms with van der Waals surface area (Å²) in [6.07, 6.45) is 7.16. The van der Waals surface area contributed by atoms with Gasteiger partial charge in [0, 0.05) is 50.0 Å². The number of hydrogen-bond acceptors (Lipinski definition) is 9. The van der Waals surface area contributed by atoms with Gasteiger partial charge in [0.05, 0.1) is 41.1 Å². The minimum absolute atomic E-state index is 0.00594. The van der Waals surface area contributed by atoms with Gasteiger partial charge in [-0.2, -0.15) is 5.10 Å². The van der Waals surface area contributed by atoms with Crippen molar-refractivity contribution >= 4 is 38.8 Å². The molecular formula is C36H46FN7O7S. The molecule has 2 saturated carbocycles. The Balaban J connectivity index is 1.28. The van der Waals surface area contributed by atoms with E-state index in [2.05, 4.69) is 20.5 Å². The number of carbonyl (C=O) groups is 3. The van der Waals surface area contributed by atoms with Gasteiger partial charge in [0.1, 0.15) is 29.8 Å². The lowest BCUT2D eigenvalue weighted by atomic mass is 10.1. The van der Waals surface area contributed by atoms with Crippen LogP contribution >= 0.6 is 0 Å². The molecule has 2 aliphatic carbocycles. The van der Waals surface area contributed by atoms with Gasteiger partial charge in [-0.3, -0.25) is 19.0 Å². The number of allylic oxidation sites excluding steroid dienone is 1. The molecule has 0 saturated heterocycles. The zero-order valence-corrected chi connectivity index (χ0v) is 30.9. The number of sulfonamides is 1. The lowest BCUT2D eigenvalue weighted by Gasteiger charge is -2.26. The molecule has 52 heavy (non-hydrogen) atoms. The number of pyridine rings is 1. The van der Waals surface area contributed by atoms with Crippen LogP contribution in [0.5, 0.6) is 11.5 Å². The number of nitrogens with one attached hydrogen (secondary N) is 3. The molecule has 16 heteroatoms. The highest BCUT2D eigenvalue weighted by Crippen LogP contribution is 2.47. The van der Waals surface area contributed by atoms with Crippen LogP contribution in [0.2, 0.25) is 0 Å². The fourth-order valence-electron chi connectivity index (χ4n) is 6.54. The molecule has 0 spiro atoms. The molecule has 0 bridgehead atoms. The second-order valence-corrected chi connectivity index (χ2v) is 16.4. The third-order valence-electron chi connectivity index (χ3n) is 10.4. The smallest absolute Gasteiger partial charge is 0.317 e. The summed E-state index contributed by atoms with van der Waals surface area (Å²) in [7, 11) is 0.941. The summed E-state index contributed by atoms with van der Waals surface area (Å²) in [6.45, 7) is 3.15. The molecule has 2 aromatic heterocycles. The SMILES string of the molecule is COc1ccc2c(OCC[C@@H]3NC(=O)N(C)CCCC/C=C\[C@@H]4C[C@@]4(C(=O)NS(=O)(=O)C4(C)CC4)NC3=O)cc(-c3cc(CF)nn3C)nc2c1C.